The number of pyridine rings is 1. The second kappa shape index (κ2) is 6.49. The van der Waals surface area contributed by atoms with E-state index < -0.39 is 0 Å². The first kappa shape index (κ1) is 15.5. The summed E-state index contributed by atoms with van der Waals surface area (Å²) >= 11 is 3.43. The van der Waals surface area contributed by atoms with E-state index in [0.717, 1.165) is 42.9 Å². The summed E-state index contributed by atoms with van der Waals surface area (Å²) in [6.45, 7) is 5.55. The van der Waals surface area contributed by atoms with Gasteiger partial charge in [-0.1, -0.05) is 0 Å². The summed E-state index contributed by atoms with van der Waals surface area (Å²) < 4.78 is 1.02. The van der Waals surface area contributed by atoms with Gasteiger partial charge in [0.15, 0.2) is 0 Å². The molecule has 3 saturated heterocycles. The topological polar surface area (TPSA) is 39.7 Å². The number of halogens is 1. The lowest BCUT2D eigenvalue weighted by Crippen LogP contribution is -2.49. The first-order valence-corrected chi connectivity index (χ1v) is 9.34. The second-order valence-corrected chi connectivity index (χ2v) is 7.87. The third-order valence-electron chi connectivity index (χ3n) is 5.42. The summed E-state index contributed by atoms with van der Waals surface area (Å²) in [6, 6.07) is 5.27. The Hall–Kier alpha value is -0.980. The van der Waals surface area contributed by atoms with Crippen molar-refractivity contribution in [2.24, 2.45) is 0 Å². The number of carbonyl (C=O) groups is 1. The number of fused-ring (bicyclic) bond motifs is 2. The highest BCUT2D eigenvalue weighted by molar-refractivity contribution is 9.10. The molecular formula is C17H23BrN4O. The first-order valence-electron chi connectivity index (χ1n) is 8.55. The van der Waals surface area contributed by atoms with Gasteiger partial charge in [-0.15, -0.1) is 0 Å². The van der Waals surface area contributed by atoms with Gasteiger partial charge in [0.1, 0.15) is 0 Å². The second-order valence-electron chi connectivity index (χ2n) is 6.96. The van der Waals surface area contributed by atoms with Crippen molar-refractivity contribution in [2.75, 3.05) is 32.7 Å². The number of hydrogen-bond acceptors (Lipinski definition) is 4. The smallest absolute Gasteiger partial charge is 0.236 e. The largest absolute Gasteiger partial charge is 0.342 e. The van der Waals surface area contributed by atoms with Crippen LogP contribution in [0.5, 0.6) is 0 Å². The Labute approximate surface area is 145 Å². The van der Waals surface area contributed by atoms with Crippen molar-refractivity contribution in [1.29, 1.82) is 0 Å². The third kappa shape index (κ3) is 3.30. The number of piperazine rings is 1. The molecule has 1 aromatic rings. The molecular weight excluding hydrogens is 356 g/mol. The minimum absolute atomic E-state index is 0.330. The molecule has 2 unspecified atom stereocenters. The average molecular weight is 379 g/mol. The predicted molar refractivity (Wildman–Crippen MR) is 91.9 cm³/mol. The lowest BCUT2D eigenvalue weighted by Gasteiger charge is -2.34. The Balaban J connectivity index is 1.31. The minimum Gasteiger partial charge on any atom is -0.342 e. The lowest BCUT2D eigenvalue weighted by atomic mass is 10.2. The standard InChI is InChI=1S/C17H23BrN4O/c18-13-3-4-14(19-8-13)9-21-10-16-7-15(21)11-22(16)12-17(23)20-5-1-2-6-20/h3-4,8,15-16H,1-2,5-7,9-12H2. The zero-order valence-electron chi connectivity index (χ0n) is 13.3. The van der Waals surface area contributed by atoms with Gasteiger partial charge in [-0.25, -0.2) is 0 Å². The normalized spacial score (nSPS) is 28.0. The molecule has 2 atom stereocenters. The molecule has 1 aromatic heterocycles. The quantitative estimate of drug-likeness (QED) is 0.799. The summed E-state index contributed by atoms with van der Waals surface area (Å²) in [5.41, 5.74) is 1.13. The first-order chi connectivity index (χ1) is 11.2. The molecule has 0 radical (unpaired) electrons. The number of amides is 1. The van der Waals surface area contributed by atoms with E-state index >= 15 is 0 Å². The van der Waals surface area contributed by atoms with Gasteiger partial charge >= 0.3 is 0 Å². The van der Waals surface area contributed by atoms with Crippen molar-refractivity contribution in [3.63, 3.8) is 0 Å². The van der Waals surface area contributed by atoms with E-state index in [1.54, 1.807) is 0 Å². The highest BCUT2D eigenvalue weighted by Crippen LogP contribution is 2.31. The molecule has 0 aliphatic carbocycles. The van der Waals surface area contributed by atoms with Crippen molar-refractivity contribution < 1.29 is 4.79 Å². The molecule has 0 spiro atoms. The summed E-state index contributed by atoms with van der Waals surface area (Å²) in [5.74, 6) is 0.330. The van der Waals surface area contributed by atoms with Crippen molar-refractivity contribution in [2.45, 2.75) is 37.9 Å². The van der Waals surface area contributed by atoms with E-state index in [1.165, 1.54) is 19.3 Å². The molecule has 4 heterocycles. The van der Waals surface area contributed by atoms with Crippen molar-refractivity contribution in [3.8, 4) is 0 Å². The van der Waals surface area contributed by atoms with Gasteiger partial charge < -0.3 is 4.90 Å². The number of nitrogens with zero attached hydrogens (tertiary/aromatic N) is 4. The highest BCUT2D eigenvalue weighted by Gasteiger charge is 2.43. The number of hydrogen-bond donors (Lipinski definition) is 0. The number of likely N-dealkylation sites (tertiary alicyclic amines) is 3. The van der Waals surface area contributed by atoms with E-state index in [9.17, 15) is 4.79 Å². The minimum atomic E-state index is 0.330. The Bertz CT molecular complexity index is 572. The van der Waals surface area contributed by atoms with E-state index in [1.807, 2.05) is 11.1 Å². The zero-order valence-corrected chi connectivity index (χ0v) is 14.9. The maximum Gasteiger partial charge on any atom is 0.236 e. The van der Waals surface area contributed by atoms with E-state index in [-0.39, 0.29) is 0 Å². The number of rotatable bonds is 4. The Morgan fingerprint density at radius 3 is 2.57 bits per heavy atom. The molecule has 3 aliphatic heterocycles. The summed E-state index contributed by atoms with van der Waals surface area (Å²) in [4.78, 5) is 23.8. The molecule has 0 N–H and O–H groups in total. The van der Waals surface area contributed by atoms with Crippen LogP contribution < -0.4 is 0 Å². The van der Waals surface area contributed by atoms with Gasteiger partial charge in [0.25, 0.3) is 0 Å². The molecule has 6 heteroatoms. The average Bonchev–Trinajstić information content (AvgIpc) is 3.26. The van der Waals surface area contributed by atoms with Crippen LogP contribution >= 0.6 is 15.9 Å². The molecule has 4 rings (SSSR count). The summed E-state index contributed by atoms with van der Waals surface area (Å²) in [7, 11) is 0. The third-order valence-corrected chi connectivity index (χ3v) is 5.89. The van der Waals surface area contributed by atoms with Crippen LogP contribution in [-0.2, 0) is 11.3 Å². The van der Waals surface area contributed by atoms with Crippen LogP contribution in [0.1, 0.15) is 25.0 Å². The maximum absolute atomic E-state index is 12.3. The fraction of sp³-hybridized carbons (Fsp3) is 0.647. The van der Waals surface area contributed by atoms with Crippen LogP contribution in [-0.4, -0.2) is 70.4 Å². The van der Waals surface area contributed by atoms with Crippen molar-refractivity contribution >= 4 is 21.8 Å². The van der Waals surface area contributed by atoms with Crippen LogP contribution in [0.3, 0.4) is 0 Å². The number of carbonyl (C=O) groups excluding carboxylic acids is 1. The van der Waals surface area contributed by atoms with Gasteiger partial charge in [0.05, 0.1) is 12.2 Å². The van der Waals surface area contributed by atoms with Crippen LogP contribution in [0.2, 0.25) is 0 Å². The number of aromatic nitrogens is 1. The van der Waals surface area contributed by atoms with Gasteiger partial charge in [-0.2, -0.15) is 0 Å². The van der Waals surface area contributed by atoms with Crippen LogP contribution in [0.4, 0.5) is 0 Å². The van der Waals surface area contributed by atoms with E-state index in [4.69, 9.17) is 0 Å². The van der Waals surface area contributed by atoms with Gasteiger partial charge in [0.2, 0.25) is 5.91 Å². The van der Waals surface area contributed by atoms with Crippen LogP contribution in [0.15, 0.2) is 22.8 Å². The molecule has 3 fully saturated rings. The van der Waals surface area contributed by atoms with Gasteiger partial charge in [-0.05, 0) is 47.3 Å². The molecule has 0 aromatic carbocycles. The Morgan fingerprint density at radius 1 is 1.17 bits per heavy atom. The highest BCUT2D eigenvalue weighted by atomic mass is 79.9. The van der Waals surface area contributed by atoms with E-state index in [0.29, 0.717) is 24.5 Å². The maximum atomic E-state index is 12.3. The van der Waals surface area contributed by atoms with Gasteiger partial charge in [0, 0.05) is 55.5 Å². The molecule has 23 heavy (non-hydrogen) atoms. The zero-order chi connectivity index (χ0) is 15.8. The van der Waals surface area contributed by atoms with Crippen molar-refractivity contribution in [1.82, 2.24) is 19.7 Å². The van der Waals surface area contributed by atoms with Crippen molar-refractivity contribution in [3.05, 3.63) is 28.5 Å². The Kier molecular flexibility index (Phi) is 4.39. The molecule has 0 saturated carbocycles. The molecule has 2 bridgehead atoms. The monoisotopic (exact) mass is 378 g/mol. The molecule has 124 valence electrons. The molecule has 1 amide bonds. The Morgan fingerprint density at radius 2 is 1.91 bits per heavy atom. The van der Waals surface area contributed by atoms with E-state index in [2.05, 4.69) is 42.8 Å². The fourth-order valence-corrected chi connectivity index (χ4v) is 4.40. The summed E-state index contributed by atoms with van der Waals surface area (Å²) in [5, 5.41) is 0. The lowest BCUT2D eigenvalue weighted by molar-refractivity contribution is -0.131. The summed E-state index contributed by atoms with van der Waals surface area (Å²) in [6.07, 6.45) is 5.41. The van der Waals surface area contributed by atoms with Crippen LogP contribution in [0, 0.1) is 0 Å². The molecule has 3 aliphatic rings. The fourth-order valence-electron chi connectivity index (χ4n) is 4.17. The predicted octanol–water partition coefficient (Wildman–Crippen LogP) is 1.72. The van der Waals surface area contributed by atoms with Crippen LogP contribution in [0.25, 0.3) is 0 Å². The molecule has 5 nitrogen and oxygen atoms in total. The van der Waals surface area contributed by atoms with Gasteiger partial charge in [-0.3, -0.25) is 19.6 Å². The SMILES string of the molecule is O=C(CN1CC2CC1CN2Cc1ccc(Br)cn1)N1CCCC1.